The molecule has 1 N–H and O–H groups in total. The van der Waals surface area contributed by atoms with Crippen molar-refractivity contribution in [3.05, 3.63) is 29.8 Å². The van der Waals surface area contributed by atoms with Crippen LogP contribution in [0, 0.1) is 11.8 Å². The Morgan fingerprint density at radius 1 is 1.17 bits per heavy atom. The summed E-state index contributed by atoms with van der Waals surface area (Å²) in [7, 11) is 1.66. The molecular weight excluding hydrogens is 302 g/mol. The first-order chi connectivity index (χ1) is 11.7. The van der Waals surface area contributed by atoms with Gasteiger partial charge in [0.15, 0.2) is 0 Å². The number of fused-ring (bicyclic) bond motifs is 1. The van der Waals surface area contributed by atoms with Crippen molar-refractivity contribution in [2.45, 2.75) is 56.6 Å². The average molecular weight is 329 g/mol. The lowest BCUT2D eigenvalue weighted by molar-refractivity contribution is -0.145. The number of likely N-dealkylation sites (tertiary alicyclic amines) is 1. The molecule has 3 fully saturated rings. The van der Waals surface area contributed by atoms with Crippen molar-refractivity contribution in [2.75, 3.05) is 13.7 Å². The fourth-order valence-electron chi connectivity index (χ4n) is 4.71. The first-order valence-corrected chi connectivity index (χ1v) is 9.29. The van der Waals surface area contributed by atoms with E-state index in [1.807, 2.05) is 12.1 Å². The molecule has 2 aliphatic carbocycles. The number of nitrogens with zero attached hydrogens (tertiary/aromatic N) is 1. The van der Waals surface area contributed by atoms with Crippen LogP contribution < -0.4 is 4.74 Å². The molecule has 4 atom stereocenters. The number of rotatable bonds is 4. The maximum absolute atomic E-state index is 12.8. The highest BCUT2D eigenvalue weighted by Gasteiger charge is 2.48. The van der Waals surface area contributed by atoms with Crippen molar-refractivity contribution in [1.82, 2.24) is 4.90 Å². The number of methoxy groups -OCH3 is 1. The van der Waals surface area contributed by atoms with Crippen molar-refractivity contribution in [3.8, 4) is 5.75 Å². The Morgan fingerprint density at radius 3 is 2.58 bits per heavy atom. The molecule has 2 saturated carbocycles. The Balaban J connectivity index is 1.62. The first-order valence-electron chi connectivity index (χ1n) is 9.29. The highest BCUT2D eigenvalue weighted by atomic mass is 16.5. The molecule has 0 bridgehead atoms. The van der Waals surface area contributed by atoms with Gasteiger partial charge in [-0.1, -0.05) is 12.1 Å². The monoisotopic (exact) mass is 329 g/mol. The molecule has 4 nitrogen and oxygen atoms in total. The van der Waals surface area contributed by atoms with Gasteiger partial charge in [-0.3, -0.25) is 4.79 Å². The van der Waals surface area contributed by atoms with Crippen LogP contribution in [0.3, 0.4) is 0 Å². The SMILES string of the molecule is COc1ccc([C@H]2CC(=O)N(CC3CC3)[C@@H]3CCC[C@H](O)[C@H]23)cc1. The number of ether oxygens (including phenoxy) is 1. The summed E-state index contributed by atoms with van der Waals surface area (Å²) in [4.78, 5) is 15.0. The predicted molar refractivity (Wildman–Crippen MR) is 91.9 cm³/mol. The summed E-state index contributed by atoms with van der Waals surface area (Å²) in [6.45, 7) is 0.905. The van der Waals surface area contributed by atoms with E-state index in [0.717, 1.165) is 37.1 Å². The molecular formula is C20H27NO3. The van der Waals surface area contributed by atoms with Gasteiger partial charge in [0.2, 0.25) is 5.91 Å². The summed E-state index contributed by atoms with van der Waals surface area (Å²) in [6.07, 6.45) is 5.65. The van der Waals surface area contributed by atoms with Crippen molar-refractivity contribution in [2.24, 2.45) is 11.8 Å². The molecule has 24 heavy (non-hydrogen) atoms. The van der Waals surface area contributed by atoms with Crippen LogP contribution >= 0.6 is 0 Å². The third-order valence-corrected chi connectivity index (χ3v) is 6.16. The van der Waals surface area contributed by atoms with E-state index in [-0.39, 0.29) is 29.9 Å². The number of benzene rings is 1. The van der Waals surface area contributed by atoms with Gasteiger partial charge in [-0.15, -0.1) is 0 Å². The standard InChI is InChI=1S/C20H27NO3/c1-24-15-9-7-14(8-10-15)16-11-19(23)21(12-13-5-6-13)17-3-2-4-18(22)20(16)17/h7-10,13,16-18,20,22H,2-6,11-12H2,1H3/t16-,17-,18+,20-/m1/s1. The Morgan fingerprint density at radius 2 is 1.92 bits per heavy atom. The van der Waals surface area contributed by atoms with Gasteiger partial charge in [0, 0.05) is 24.9 Å². The van der Waals surface area contributed by atoms with Crippen molar-refractivity contribution in [3.63, 3.8) is 0 Å². The Bertz CT molecular complexity index is 595. The molecule has 1 aromatic rings. The molecule has 1 saturated heterocycles. The summed E-state index contributed by atoms with van der Waals surface area (Å²) in [5.74, 6) is 2.10. The minimum Gasteiger partial charge on any atom is -0.497 e. The quantitative estimate of drug-likeness (QED) is 0.924. The van der Waals surface area contributed by atoms with Gasteiger partial charge < -0.3 is 14.7 Å². The highest BCUT2D eigenvalue weighted by molar-refractivity contribution is 5.79. The van der Waals surface area contributed by atoms with Crippen LogP contribution in [0.1, 0.15) is 50.0 Å². The number of aliphatic hydroxyl groups is 1. The van der Waals surface area contributed by atoms with Crippen LogP contribution in [-0.2, 0) is 4.79 Å². The normalized spacial score (nSPS) is 33.2. The van der Waals surface area contributed by atoms with Gasteiger partial charge in [-0.05, 0) is 61.6 Å². The van der Waals surface area contributed by atoms with Crippen LogP contribution in [0.15, 0.2) is 24.3 Å². The van der Waals surface area contributed by atoms with Crippen LogP contribution in [0.25, 0.3) is 0 Å². The molecule has 0 aromatic heterocycles. The average Bonchev–Trinajstić information content (AvgIpc) is 3.41. The number of hydrogen-bond acceptors (Lipinski definition) is 3. The second-order valence-corrected chi connectivity index (χ2v) is 7.72. The summed E-state index contributed by atoms with van der Waals surface area (Å²) >= 11 is 0. The van der Waals surface area contributed by atoms with Gasteiger partial charge in [0.1, 0.15) is 5.75 Å². The second kappa shape index (κ2) is 6.40. The molecule has 0 unspecified atom stereocenters. The summed E-state index contributed by atoms with van der Waals surface area (Å²) in [6, 6.07) is 8.25. The first kappa shape index (κ1) is 15.9. The number of aliphatic hydroxyl groups excluding tert-OH is 1. The Hall–Kier alpha value is -1.55. The van der Waals surface area contributed by atoms with E-state index >= 15 is 0 Å². The van der Waals surface area contributed by atoms with Gasteiger partial charge in [-0.25, -0.2) is 0 Å². The fraction of sp³-hybridized carbons (Fsp3) is 0.650. The lowest BCUT2D eigenvalue weighted by Crippen LogP contribution is -2.57. The van der Waals surface area contributed by atoms with Crippen molar-refractivity contribution >= 4 is 5.91 Å². The van der Waals surface area contributed by atoms with Gasteiger partial charge in [0.05, 0.1) is 13.2 Å². The molecule has 3 aliphatic rings. The number of carbonyl (C=O) groups is 1. The van der Waals surface area contributed by atoms with E-state index in [9.17, 15) is 9.90 Å². The molecule has 0 radical (unpaired) electrons. The molecule has 130 valence electrons. The van der Waals surface area contributed by atoms with Gasteiger partial charge in [0.25, 0.3) is 0 Å². The molecule has 1 amide bonds. The molecule has 1 aromatic carbocycles. The van der Waals surface area contributed by atoms with E-state index in [1.54, 1.807) is 7.11 Å². The van der Waals surface area contributed by atoms with Crippen LogP contribution in [-0.4, -0.2) is 41.7 Å². The molecule has 1 aliphatic heterocycles. The second-order valence-electron chi connectivity index (χ2n) is 7.72. The lowest BCUT2D eigenvalue weighted by Gasteiger charge is -2.50. The van der Waals surface area contributed by atoms with E-state index in [2.05, 4.69) is 17.0 Å². The number of carbonyl (C=O) groups excluding carboxylic acids is 1. The lowest BCUT2D eigenvalue weighted by atomic mass is 9.67. The van der Waals surface area contributed by atoms with Crippen molar-refractivity contribution in [1.29, 1.82) is 0 Å². The zero-order valence-electron chi connectivity index (χ0n) is 14.4. The van der Waals surface area contributed by atoms with Gasteiger partial charge >= 0.3 is 0 Å². The summed E-state index contributed by atoms with van der Waals surface area (Å²) in [5.41, 5.74) is 1.16. The number of hydrogen-bond donors (Lipinski definition) is 1. The number of amides is 1. The fourth-order valence-corrected chi connectivity index (χ4v) is 4.71. The van der Waals surface area contributed by atoms with E-state index in [4.69, 9.17) is 4.74 Å². The van der Waals surface area contributed by atoms with E-state index in [0.29, 0.717) is 12.3 Å². The summed E-state index contributed by atoms with van der Waals surface area (Å²) < 4.78 is 5.25. The predicted octanol–water partition coefficient (Wildman–Crippen LogP) is 2.95. The van der Waals surface area contributed by atoms with Crippen LogP contribution in [0.4, 0.5) is 0 Å². The highest BCUT2D eigenvalue weighted by Crippen LogP contribution is 2.46. The van der Waals surface area contributed by atoms with Crippen LogP contribution in [0.5, 0.6) is 5.75 Å². The smallest absolute Gasteiger partial charge is 0.223 e. The topological polar surface area (TPSA) is 49.8 Å². The zero-order chi connectivity index (χ0) is 16.7. The largest absolute Gasteiger partial charge is 0.497 e. The third-order valence-electron chi connectivity index (χ3n) is 6.16. The van der Waals surface area contributed by atoms with E-state index in [1.165, 1.54) is 12.8 Å². The molecule has 0 spiro atoms. The zero-order valence-corrected chi connectivity index (χ0v) is 14.4. The Kier molecular flexibility index (Phi) is 4.25. The minimum atomic E-state index is -0.300. The maximum atomic E-state index is 12.8. The maximum Gasteiger partial charge on any atom is 0.223 e. The van der Waals surface area contributed by atoms with E-state index < -0.39 is 0 Å². The molecule has 4 rings (SSSR count). The minimum absolute atomic E-state index is 0.124. The number of piperidine rings is 1. The van der Waals surface area contributed by atoms with Gasteiger partial charge in [-0.2, -0.15) is 0 Å². The third kappa shape index (κ3) is 2.92. The summed E-state index contributed by atoms with van der Waals surface area (Å²) in [5, 5.41) is 10.7. The van der Waals surface area contributed by atoms with Crippen molar-refractivity contribution < 1.29 is 14.6 Å². The van der Waals surface area contributed by atoms with Crippen LogP contribution in [0.2, 0.25) is 0 Å². The molecule has 4 heteroatoms. The molecule has 1 heterocycles. The Labute approximate surface area is 143 Å².